The number of rotatable bonds is 21. The van der Waals surface area contributed by atoms with Crippen molar-refractivity contribution in [3.05, 3.63) is 100 Å². The summed E-state index contributed by atoms with van der Waals surface area (Å²) in [5.74, 6) is -4.27. The first-order chi connectivity index (χ1) is 30.4. The van der Waals surface area contributed by atoms with E-state index >= 15 is 0 Å². The zero-order valence-electron chi connectivity index (χ0n) is 39.1. The third-order valence-electron chi connectivity index (χ3n) is 9.38. The zero-order valence-corrected chi connectivity index (χ0v) is 39.1. The highest BCUT2D eigenvalue weighted by Gasteiger charge is 2.31. The van der Waals surface area contributed by atoms with Crippen LogP contribution in [0.4, 0.5) is 0 Å². The number of carbonyl (C=O) groups is 6. The number of methoxy groups -OCH3 is 2. The van der Waals surface area contributed by atoms with Gasteiger partial charge in [-0.25, -0.2) is 9.59 Å². The van der Waals surface area contributed by atoms with Gasteiger partial charge in [-0.3, -0.25) is 19.2 Å². The molecule has 0 saturated carbocycles. The van der Waals surface area contributed by atoms with Gasteiger partial charge in [-0.1, -0.05) is 109 Å². The number of primary amides is 1. The van der Waals surface area contributed by atoms with Crippen molar-refractivity contribution in [2.24, 2.45) is 17.1 Å². The first kappa shape index (κ1) is 60.7. The Morgan fingerprint density at radius 1 is 0.692 bits per heavy atom. The molecule has 0 fully saturated rings. The van der Waals surface area contributed by atoms with Crippen LogP contribution < -0.4 is 15.2 Å². The summed E-state index contributed by atoms with van der Waals surface area (Å²) in [6, 6.07) is 17.7. The van der Waals surface area contributed by atoms with E-state index in [4.69, 9.17) is 40.7 Å². The number of aromatic hydroxyl groups is 1. The average molecular weight is 914 g/mol. The second-order valence-electron chi connectivity index (χ2n) is 15.9. The molecule has 0 bridgehead atoms. The van der Waals surface area contributed by atoms with Crippen LogP contribution in [0.2, 0.25) is 0 Å². The minimum Gasteiger partial charge on any atom is -0.507 e. The van der Waals surface area contributed by atoms with E-state index in [9.17, 15) is 39.0 Å². The lowest BCUT2D eigenvalue weighted by Gasteiger charge is -2.27. The summed E-state index contributed by atoms with van der Waals surface area (Å²) in [4.78, 5) is 63.0. The fourth-order valence-corrected chi connectivity index (χ4v) is 5.82. The molecule has 16 nitrogen and oxygen atoms in total. The fourth-order valence-electron chi connectivity index (χ4n) is 5.82. The number of benzene rings is 3. The number of aliphatic hydroxyl groups excluding tert-OH is 1. The number of aliphatic hydroxyl groups is 1. The van der Waals surface area contributed by atoms with Crippen LogP contribution in [0.25, 0.3) is 0 Å². The van der Waals surface area contributed by atoms with Crippen molar-refractivity contribution in [2.45, 2.75) is 119 Å². The van der Waals surface area contributed by atoms with Gasteiger partial charge in [0.1, 0.15) is 5.75 Å². The van der Waals surface area contributed by atoms with E-state index in [2.05, 4.69) is 6.92 Å². The van der Waals surface area contributed by atoms with Gasteiger partial charge in [-0.15, -0.1) is 0 Å². The number of hydrogen-bond donors (Lipinski definition) is 8. The van der Waals surface area contributed by atoms with Crippen molar-refractivity contribution in [2.75, 3.05) is 20.8 Å². The molecule has 1 amide bonds. The maximum atomic E-state index is 11.2. The van der Waals surface area contributed by atoms with Crippen molar-refractivity contribution in [1.82, 2.24) is 0 Å². The van der Waals surface area contributed by atoms with E-state index in [0.717, 1.165) is 30.9 Å². The summed E-state index contributed by atoms with van der Waals surface area (Å²) in [6.45, 7) is 11.2. The smallest absolute Gasteiger partial charge is 0.335 e. The lowest BCUT2D eigenvalue weighted by molar-refractivity contribution is -0.145. The van der Waals surface area contributed by atoms with Crippen molar-refractivity contribution in [3.63, 3.8) is 0 Å². The number of hydrogen-bond acceptors (Lipinski definition) is 10. The third-order valence-corrected chi connectivity index (χ3v) is 9.38. The normalized spacial score (nSPS) is 10.9. The molecule has 0 radical (unpaired) electrons. The SMILES string of the molecule is CC(C)(C)C(Cc1ccccc1)C(=O)O.CCCCCCCCCC/C(=C/C(N)=O)C(=O)O.COc1ccc(CC(=O)O)cc1OC.Cc1cc(C(=O)O)cc(C)c1O.O=C(O)CCO. The number of nitrogens with two attached hydrogens (primary N) is 1. The Balaban J connectivity index is 0. The molecule has 0 aromatic heterocycles. The average Bonchev–Trinajstić information content (AvgIpc) is 3.22. The summed E-state index contributed by atoms with van der Waals surface area (Å²) >= 11 is 0. The van der Waals surface area contributed by atoms with Gasteiger partial charge in [0, 0.05) is 11.6 Å². The standard InChI is InChI=1S/C14H25NO3.C13H18O2.C10H12O4.C9H10O3.C3H6O3/c1-2-3-4-5-6-7-8-9-10-12(14(17)18)11-13(15)16;1-13(2,3)11(12(14)15)9-10-7-5-4-6-8-10;1-13-8-4-3-7(6-10(11)12)5-9(8)14-2;1-5-3-7(9(11)12)4-6(2)8(5)10;4-2-1-3(5)6/h11H,2-10H2,1H3,(H2,15,16)(H,17,18);4-8,11H,9H2,1-3H3,(H,14,15);3-5H,6H2,1-2H3,(H,11,12);3-4,10H,1-2H3,(H,11,12);4H,1-2H2,(H,5,6)/b12-11-;;;;. The number of carbonyl (C=O) groups excluding carboxylic acids is 1. The largest absolute Gasteiger partial charge is 0.507 e. The van der Waals surface area contributed by atoms with Crippen LogP contribution in [0.3, 0.4) is 0 Å². The van der Waals surface area contributed by atoms with Crippen molar-refractivity contribution >= 4 is 35.8 Å². The van der Waals surface area contributed by atoms with Crippen molar-refractivity contribution < 1.29 is 74.0 Å². The number of ether oxygens (including phenoxy) is 2. The van der Waals surface area contributed by atoms with Crippen molar-refractivity contribution in [3.8, 4) is 17.2 Å². The molecule has 0 spiro atoms. The van der Waals surface area contributed by atoms with Gasteiger partial charge >= 0.3 is 29.8 Å². The predicted octanol–water partition coefficient (Wildman–Crippen LogP) is 8.48. The molecule has 0 aliphatic carbocycles. The molecule has 9 N–H and O–H groups in total. The fraction of sp³-hybridized carbons (Fsp3) is 0.469. The molecule has 362 valence electrons. The van der Waals surface area contributed by atoms with E-state index in [-0.39, 0.29) is 47.7 Å². The first-order valence-corrected chi connectivity index (χ1v) is 21.2. The second kappa shape index (κ2) is 34.0. The summed E-state index contributed by atoms with van der Waals surface area (Å²) in [7, 11) is 3.05. The minimum atomic E-state index is -1.04. The highest BCUT2D eigenvalue weighted by atomic mass is 16.5. The Hall–Kier alpha value is -6.42. The van der Waals surface area contributed by atoms with E-state index in [1.165, 1.54) is 58.5 Å². The molecule has 65 heavy (non-hydrogen) atoms. The minimum absolute atomic E-state index is 0.0135. The monoisotopic (exact) mass is 913 g/mol. The van der Waals surface area contributed by atoms with Crippen LogP contribution in [0.5, 0.6) is 17.2 Å². The predicted molar refractivity (Wildman–Crippen MR) is 248 cm³/mol. The molecule has 16 heteroatoms. The number of aliphatic carboxylic acids is 4. The number of aromatic carboxylic acids is 1. The summed E-state index contributed by atoms with van der Waals surface area (Å²) in [6.07, 6.45) is 11.1. The molecule has 1 atom stereocenters. The summed E-state index contributed by atoms with van der Waals surface area (Å²) in [5, 5.41) is 60.2. The van der Waals surface area contributed by atoms with E-state index in [1.54, 1.807) is 32.0 Å². The number of carboxylic acid groups (broad SMARTS) is 5. The number of phenolic OH excluding ortho intramolecular Hbond substituents is 1. The molecular formula is C49H71NO15. The Morgan fingerprint density at radius 2 is 1.22 bits per heavy atom. The highest BCUT2D eigenvalue weighted by Crippen LogP contribution is 2.30. The van der Waals surface area contributed by atoms with Gasteiger partial charge in [-0.05, 0) is 85.0 Å². The van der Waals surface area contributed by atoms with Crippen LogP contribution in [0.1, 0.15) is 125 Å². The number of amides is 1. The Morgan fingerprint density at radius 3 is 1.60 bits per heavy atom. The van der Waals surface area contributed by atoms with E-state index in [0.29, 0.717) is 41.0 Å². The van der Waals surface area contributed by atoms with Crippen LogP contribution >= 0.6 is 0 Å². The molecular weight excluding hydrogens is 843 g/mol. The molecule has 0 saturated heterocycles. The summed E-state index contributed by atoms with van der Waals surface area (Å²) < 4.78 is 10.1. The topological polar surface area (TPSA) is 289 Å². The van der Waals surface area contributed by atoms with Crippen LogP contribution in [-0.4, -0.2) is 92.3 Å². The second-order valence-corrected chi connectivity index (χ2v) is 15.9. The number of aryl methyl sites for hydroxylation is 2. The van der Waals surface area contributed by atoms with Gasteiger partial charge in [0.2, 0.25) is 5.91 Å². The zero-order chi connectivity index (χ0) is 50.1. The maximum absolute atomic E-state index is 11.2. The highest BCUT2D eigenvalue weighted by molar-refractivity contribution is 5.96. The quantitative estimate of drug-likeness (QED) is 0.0367. The third kappa shape index (κ3) is 29.6. The van der Waals surface area contributed by atoms with Crippen LogP contribution in [-0.2, 0) is 36.8 Å². The maximum Gasteiger partial charge on any atom is 0.335 e. The molecule has 0 aliphatic heterocycles. The van der Waals surface area contributed by atoms with Gasteiger partial charge in [0.15, 0.2) is 11.5 Å². The van der Waals surface area contributed by atoms with Crippen LogP contribution in [0.15, 0.2) is 72.3 Å². The van der Waals surface area contributed by atoms with Gasteiger partial charge in [0.25, 0.3) is 0 Å². The molecule has 3 aromatic carbocycles. The van der Waals surface area contributed by atoms with Crippen molar-refractivity contribution in [1.29, 1.82) is 0 Å². The number of carboxylic acids is 5. The Labute approximate surface area is 382 Å². The van der Waals surface area contributed by atoms with Gasteiger partial charge in [-0.2, -0.15) is 0 Å². The number of phenols is 1. The van der Waals surface area contributed by atoms with E-state index < -0.39 is 35.8 Å². The van der Waals surface area contributed by atoms with Gasteiger partial charge < -0.3 is 51.0 Å². The van der Waals surface area contributed by atoms with E-state index in [1.807, 2.05) is 51.1 Å². The molecule has 0 aliphatic rings. The summed E-state index contributed by atoms with van der Waals surface area (Å²) in [5.41, 5.74) is 8.03. The lowest BCUT2D eigenvalue weighted by Crippen LogP contribution is -2.30. The molecule has 1 unspecified atom stereocenters. The number of unbranched alkanes of at least 4 members (excludes halogenated alkanes) is 7. The lowest BCUT2D eigenvalue weighted by atomic mass is 9.77. The Kier molecular flexibility index (Phi) is 31.8. The molecule has 3 aromatic rings. The molecule has 0 heterocycles. The first-order valence-electron chi connectivity index (χ1n) is 21.2. The molecule has 3 rings (SSSR count). The van der Waals surface area contributed by atoms with Gasteiger partial charge in [0.05, 0.1) is 45.1 Å². The Bertz CT molecular complexity index is 1910. The van der Waals surface area contributed by atoms with Crippen LogP contribution in [0, 0.1) is 25.2 Å².